The zero-order valence-electron chi connectivity index (χ0n) is 15.8. The molecule has 3 heterocycles. The number of fused-ring (bicyclic) bond motifs is 1. The first kappa shape index (κ1) is 17.5. The minimum Gasteiger partial charge on any atom is -0.396 e. The number of hydrogen-bond acceptors (Lipinski definition) is 4. The van der Waals surface area contributed by atoms with Crippen molar-refractivity contribution in [2.75, 3.05) is 25.0 Å². The van der Waals surface area contributed by atoms with E-state index in [1.807, 2.05) is 56.3 Å². The van der Waals surface area contributed by atoms with Crippen LogP contribution in [0.15, 0.2) is 30.6 Å². The van der Waals surface area contributed by atoms with Gasteiger partial charge in [-0.1, -0.05) is 0 Å². The van der Waals surface area contributed by atoms with Crippen molar-refractivity contribution in [1.82, 2.24) is 24.5 Å². The molecule has 1 saturated heterocycles. The van der Waals surface area contributed by atoms with Gasteiger partial charge in [-0.15, -0.1) is 0 Å². The molecule has 1 aliphatic rings. The lowest BCUT2D eigenvalue weighted by molar-refractivity contribution is 0.207. The molecule has 8 heteroatoms. The van der Waals surface area contributed by atoms with Crippen molar-refractivity contribution in [3.8, 4) is 0 Å². The second-order valence-corrected chi connectivity index (χ2v) is 7.27. The molecule has 0 saturated carbocycles. The zero-order valence-corrected chi connectivity index (χ0v) is 15.8. The maximum absolute atomic E-state index is 12.8. The zero-order chi connectivity index (χ0) is 19.1. The number of carbonyl (C=O) groups is 1. The number of aliphatic hydroxyl groups is 1. The van der Waals surface area contributed by atoms with Crippen molar-refractivity contribution in [3.05, 3.63) is 41.9 Å². The van der Waals surface area contributed by atoms with E-state index in [0.717, 1.165) is 27.8 Å². The van der Waals surface area contributed by atoms with Gasteiger partial charge in [0.15, 0.2) is 0 Å². The van der Waals surface area contributed by atoms with Crippen molar-refractivity contribution < 1.29 is 9.90 Å². The number of likely N-dealkylation sites (tertiary alicyclic amines) is 1. The molecular formula is C19H24N6O2. The maximum atomic E-state index is 12.8. The Morgan fingerprint density at radius 1 is 1.33 bits per heavy atom. The summed E-state index contributed by atoms with van der Waals surface area (Å²) in [5.41, 5.74) is 3.72. The average Bonchev–Trinajstić information content (AvgIpc) is 3.33. The predicted octanol–water partition coefficient (Wildman–Crippen LogP) is 1.86. The number of rotatable bonds is 3. The smallest absolute Gasteiger partial charge is 0.321 e. The number of carbonyl (C=O) groups excluding carboxylic acids is 1. The van der Waals surface area contributed by atoms with E-state index < -0.39 is 0 Å². The number of nitrogens with one attached hydrogen (secondary N) is 1. The molecule has 0 spiro atoms. The summed E-state index contributed by atoms with van der Waals surface area (Å²) < 4.78 is 3.58. The molecule has 2 amide bonds. The summed E-state index contributed by atoms with van der Waals surface area (Å²) in [6.07, 6.45) is 3.76. The number of hydrogen-bond donors (Lipinski definition) is 2. The van der Waals surface area contributed by atoms with E-state index >= 15 is 0 Å². The Balaban J connectivity index is 1.50. The lowest BCUT2D eigenvalue weighted by atomic mass is 9.92. The van der Waals surface area contributed by atoms with Gasteiger partial charge >= 0.3 is 6.03 Å². The normalized spacial score (nSPS) is 19.8. The van der Waals surface area contributed by atoms with Crippen LogP contribution in [0, 0.1) is 12.8 Å². The van der Waals surface area contributed by atoms with Crippen LogP contribution >= 0.6 is 0 Å². The molecule has 1 aromatic carbocycles. The number of amides is 2. The largest absolute Gasteiger partial charge is 0.396 e. The van der Waals surface area contributed by atoms with Crippen molar-refractivity contribution >= 4 is 22.6 Å². The summed E-state index contributed by atoms with van der Waals surface area (Å²) in [5.74, 6) is 0.108. The Labute approximate surface area is 157 Å². The van der Waals surface area contributed by atoms with Gasteiger partial charge in [-0.3, -0.25) is 9.36 Å². The van der Waals surface area contributed by atoms with Crippen molar-refractivity contribution in [3.63, 3.8) is 0 Å². The molecule has 0 bridgehead atoms. The number of aliphatic hydroxyl groups excluding tert-OH is 1. The summed E-state index contributed by atoms with van der Waals surface area (Å²) in [4.78, 5) is 14.5. The molecular weight excluding hydrogens is 344 g/mol. The number of nitrogens with zero attached hydrogens (tertiary/aromatic N) is 5. The molecule has 2 aromatic heterocycles. The van der Waals surface area contributed by atoms with E-state index in [4.69, 9.17) is 0 Å². The first-order valence-corrected chi connectivity index (χ1v) is 9.05. The van der Waals surface area contributed by atoms with Gasteiger partial charge in [0, 0.05) is 68.6 Å². The van der Waals surface area contributed by atoms with Crippen LogP contribution in [0.5, 0.6) is 0 Å². The first-order chi connectivity index (χ1) is 13.0. The number of benzene rings is 1. The number of aromatic nitrogens is 4. The second-order valence-electron chi connectivity index (χ2n) is 7.27. The highest BCUT2D eigenvalue weighted by molar-refractivity contribution is 5.93. The molecule has 1 aliphatic heterocycles. The van der Waals surface area contributed by atoms with Crippen LogP contribution in [-0.2, 0) is 14.1 Å². The van der Waals surface area contributed by atoms with Gasteiger partial charge in [-0.25, -0.2) is 4.79 Å². The van der Waals surface area contributed by atoms with E-state index in [9.17, 15) is 9.90 Å². The Bertz CT molecular complexity index is 991. The predicted molar refractivity (Wildman–Crippen MR) is 103 cm³/mol. The lowest BCUT2D eigenvalue weighted by Gasteiger charge is -2.17. The van der Waals surface area contributed by atoms with Crippen LogP contribution in [0.25, 0.3) is 10.9 Å². The summed E-state index contributed by atoms with van der Waals surface area (Å²) in [6, 6.07) is 5.60. The monoisotopic (exact) mass is 368 g/mol. The van der Waals surface area contributed by atoms with E-state index in [-0.39, 0.29) is 24.5 Å². The van der Waals surface area contributed by atoms with Crippen LogP contribution in [-0.4, -0.2) is 55.3 Å². The van der Waals surface area contributed by atoms with Crippen LogP contribution in [0.2, 0.25) is 0 Å². The molecule has 2 atom stereocenters. The maximum Gasteiger partial charge on any atom is 0.321 e. The minimum atomic E-state index is -0.160. The van der Waals surface area contributed by atoms with Crippen molar-refractivity contribution in [2.24, 2.45) is 20.0 Å². The van der Waals surface area contributed by atoms with Crippen LogP contribution in [0.4, 0.5) is 10.5 Å². The molecule has 27 heavy (non-hydrogen) atoms. The van der Waals surface area contributed by atoms with Gasteiger partial charge in [0.25, 0.3) is 0 Å². The molecule has 2 N–H and O–H groups in total. The second kappa shape index (κ2) is 6.70. The van der Waals surface area contributed by atoms with Gasteiger partial charge in [-0.2, -0.15) is 10.2 Å². The fourth-order valence-electron chi connectivity index (χ4n) is 3.84. The highest BCUT2D eigenvalue weighted by Gasteiger charge is 2.36. The van der Waals surface area contributed by atoms with Crippen LogP contribution < -0.4 is 5.32 Å². The number of anilines is 1. The van der Waals surface area contributed by atoms with Gasteiger partial charge in [0.05, 0.1) is 11.7 Å². The van der Waals surface area contributed by atoms with Crippen molar-refractivity contribution in [2.45, 2.75) is 12.8 Å². The van der Waals surface area contributed by atoms with Gasteiger partial charge in [0.1, 0.15) is 0 Å². The van der Waals surface area contributed by atoms with Crippen molar-refractivity contribution in [1.29, 1.82) is 0 Å². The standard InChI is InChI=1S/C19H24N6O2/c1-12-16-5-4-15(6-18(16)22-24(12)3)21-19(27)25-9-14(11-26)17(10-25)13-7-20-23(2)8-13/h4-8,14,17,26H,9-11H2,1-3H3,(H,21,27)/t14-,17-/m0/s1. The van der Waals surface area contributed by atoms with E-state index in [2.05, 4.69) is 15.5 Å². The Morgan fingerprint density at radius 2 is 2.15 bits per heavy atom. The van der Waals surface area contributed by atoms with Gasteiger partial charge < -0.3 is 15.3 Å². The third-order valence-corrected chi connectivity index (χ3v) is 5.50. The highest BCUT2D eigenvalue weighted by Crippen LogP contribution is 2.32. The molecule has 3 aromatic rings. The Kier molecular flexibility index (Phi) is 4.35. The molecule has 1 fully saturated rings. The first-order valence-electron chi connectivity index (χ1n) is 9.05. The van der Waals surface area contributed by atoms with E-state index in [0.29, 0.717) is 13.1 Å². The van der Waals surface area contributed by atoms with Gasteiger partial charge in [0.2, 0.25) is 0 Å². The fourth-order valence-corrected chi connectivity index (χ4v) is 3.84. The third-order valence-electron chi connectivity index (χ3n) is 5.50. The molecule has 4 rings (SSSR count). The third kappa shape index (κ3) is 3.16. The van der Waals surface area contributed by atoms with E-state index in [1.54, 1.807) is 9.58 Å². The summed E-state index contributed by atoms with van der Waals surface area (Å²) in [6.45, 7) is 3.15. The lowest BCUT2D eigenvalue weighted by Crippen LogP contribution is -2.33. The average molecular weight is 368 g/mol. The molecule has 0 aliphatic carbocycles. The van der Waals surface area contributed by atoms with Crippen LogP contribution in [0.3, 0.4) is 0 Å². The SMILES string of the molecule is Cc1c2ccc(NC(=O)N3C[C@@H](CO)[C@H](c4cnn(C)c4)C3)cc2nn1C. The van der Waals surface area contributed by atoms with Crippen LogP contribution in [0.1, 0.15) is 17.2 Å². The quantitative estimate of drug-likeness (QED) is 0.739. The number of aryl methyl sites for hydroxylation is 3. The highest BCUT2D eigenvalue weighted by atomic mass is 16.3. The minimum absolute atomic E-state index is 0.0147. The summed E-state index contributed by atoms with van der Waals surface area (Å²) in [7, 11) is 3.78. The fraction of sp³-hybridized carbons (Fsp3) is 0.421. The van der Waals surface area contributed by atoms with Gasteiger partial charge in [-0.05, 0) is 30.7 Å². The molecule has 0 radical (unpaired) electrons. The Morgan fingerprint density at radius 3 is 2.85 bits per heavy atom. The molecule has 0 unspecified atom stereocenters. The Hall–Kier alpha value is -2.87. The topological polar surface area (TPSA) is 88.2 Å². The number of urea groups is 1. The van der Waals surface area contributed by atoms with E-state index in [1.165, 1.54) is 0 Å². The summed E-state index contributed by atoms with van der Waals surface area (Å²) >= 11 is 0. The summed E-state index contributed by atoms with van der Waals surface area (Å²) in [5, 5.41) is 22.5. The molecule has 8 nitrogen and oxygen atoms in total. The molecule has 142 valence electrons.